The van der Waals surface area contributed by atoms with E-state index in [1.165, 1.54) is 0 Å². The Balaban J connectivity index is 1.39. The SMILES string of the molecule is CCOc1ccc(-c2ccc(OCCNC(=O)COc3cccc(Cl)c3Cl)nn2)cc1. The van der Waals surface area contributed by atoms with Crippen LogP contribution >= 0.6 is 23.2 Å². The van der Waals surface area contributed by atoms with Gasteiger partial charge in [-0.25, -0.2) is 0 Å². The molecule has 9 heteroatoms. The smallest absolute Gasteiger partial charge is 0.258 e. The molecule has 0 spiro atoms. The number of nitrogens with zero attached hydrogens (tertiary/aromatic N) is 2. The van der Waals surface area contributed by atoms with Crippen LogP contribution in [0.4, 0.5) is 0 Å². The fourth-order valence-corrected chi connectivity index (χ4v) is 2.92. The lowest BCUT2D eigenvalue weighted by Crippen LogP contribution is -2.32. The van der Waals surface area contributed by atoms with E-state index < -0.39 is 0 Å². The van der Waals surface area contributed by atoms with Gasteiger partial charge in [-0.1, -0.05) is 29.3 Å². The van der Waals surface area contributed by atoms with Gasteiger partial charge in [0.2, 0.25) is 5.88 Å². The van der Waals surface area contributed by atoms with Crippen molar-refractivity contribution in [1.82, 2.24) is 15.5 Å². The van der Waals surface area contributed by atoms with E-state index in [1.807, 2.05) is 37.3 Å². The molecule has 0 aliphatic heterocycles. The Labute approximate surface area is 190 Å². The molecular formula is C22H21Cl2N3O4. The first kappa shape index (κ1) is 22.7. The number of aromatic nitrogens is 2. The zero-order chi connectivity index (χ0) is 22.1. The van der Waals surface area contributed by atoms with Crippen LogP contribution in [0.5, 0.6) is 17.4 Å². The monoisotopic (exact) mass is 461 g/mol. The molecule has 0 radical (unpaired) electrons. The molecule has 1 heterocycles. The summed E-state index contributed by atoms with van der Waals surface area (Å²) in [6.07, 6.45) is 0. The first-order valence-corrected chi connectivity index (χ1v) is 10.4. The van der Waals surface area contributed by atoms with Gasteiger partial charge in [0.25, 0.3) is 5.91 Å². The fraction of sp³-hybridized carbons (Fsp3) is 0.227. The topological polar surface area (TPSA) is 82.6 Å². The Morgan fingerprint density at radius 1 is 0.968 bits per heavy atom. The van der Waals surface area contributed by atoms with Crippen molar-refractivity contribution in [3.63, 3.8) is 0 Å². The number of amides is 1. The van der Waals surface area contributed by atoms with Gasteiger partial charge < -0.3 is 19.5 Å². The molecule has 0 unspecified atom stereocenters. The third-order valence-corrected chi connectivity index (χ3v) is 4.85. The summed E-state index contributed by atoms with van der Waals surface area (Å²) in [6.45, 7) is 2.90. The highest BCUT2D eigenvalue weighted by Crippen LogP contribution is 2.31. The molecular weight excluding hydrogens is 441 g/mol. The first-order chi connectivity index (χ1) is 15.1. The Bertz CT molecular complexity index is 999. The Morgan fingerprint density at radius 3 is 2.48 bits per heavy atom. The van der Waals surface area contributed by atoms with Gasteiger partial charge in [-0.2, -0.15) is 0 Å². The van der Waals surface area contributed by atoms with Gasteiger partial charge in [-0.15, -0.1) is 10.2 Å². The van der Waals surface area contributed by atoms with Crippen molar-refractivity contribution in [3.05, 3.63) is 64.6 Å². The number of hydrogen-bond donors (Lipinski definition) is 1. The molecule has 0 fully saturated rings. The number of halogens is 2. The molecule has 0 bridgehead atoms. The second-order valence-corrected chi connectivity index (χ2v) is 7.04. The minimum atomic E-state index is -0.309. The summed E-state index contributed by atoms with van der Waals surface area (Å²) in [5.41, 5.74) is 1.65. The van der Waals surface area contributed by atoms with E-state index in [0.29, 0.717) is 23.3 Å². The number of carbonyl (C=O) groups is 1. The minimum absolute atomic E-state index is 0.184. The lowest BCUT2D eigenvalue weighted by atomic mass is 10.1. The fourth-order valence-electron chi connectivity index (χ4n) is 2.58. The van der Waals surface area contributed by atoms with Crippen LogP contribution in [0.3, 0.4) is 0 Å². The van der Waals surface area contributed by atoms with Gasteiger partial charge >= 0.3 is 0 Å². The first-order valence-electron chi connectivity index (χ1n) is 9.60. The number of carbonyl (C=O) groups excluding carboxylic acids is 1. The van der Waals surface area contributed by atoms with Gasteiger partial charge in [0.1, 0.15) is 23.1 Å². The van der Waals surface area contributed by atoms with E-state index in [0.717, 1.165) is 17.0 Å². The van der Waals surface area contributed by atoms with Gasteiger partial charge in [0.15, 0.2) is 6.61 Å². The van der Waals surface area contributed by atoms with E-state index in [4.69, 9.17) is 37.4 Å². The van der Waals surface area contributed by atoms with Crippen molar-refractivity contribution < 1.29 is 19.0 Å². The van der Waals surface area contributed by atoms with Crippen molar-refractivity contribution in [2.45, 2.75) is 6.92 Å². The number of nitrogens with one attached hydrogen (secondary N) is 1. The van der Waals surface area contributed by atoms with Gasteiger partial charge in [0, 0.05) is 11.6 Å². The summed E-state index contributed by atoms with van der Waals surface area (Å²) in [6, 6.07) is 16.1. The highest BCUT2D eigenvalue weighted by molar-refractivity contribution is 6.42. The molecule has 0 saturated carbocycles. The van der Waals surface area contributed by atoms with Crippen molar-refractivity contribution >= 4 is 29.1 Å². The second kappa shape index (κ2) is 11.4. The van der Waals surface area contributed by atoms with E-state index >= 15 is 0 Å². The maximum atomic E-state index is 11.9. The molecule has 1 amide bonds. The number of hydrogen-bond acceptors (Lipinski definition) is 6. The standard InChI is InChI=1S/C22H21Cl2N3O4/c1-2-29-16-8-6-15(7-9-16)18-10-11-21(27-26-18)30-13-12-25-20(28)14-31-19-5-3-4-17(23)22(19)24/h3-11H,2,12-14H2,1H3,(H,25,28). The third-order valence-electron chi connectivity index (χ3n) is 4.05. The molecule has 3 aromatic rings. The molecule has 162 valence electrons. The van der Waals surface area contributed by atoms with Crippen LogP contribution in [0.25, 0.3) is 11.3 Å². The predicted octanol–water partition coefficient (Wildman–Crippen LogP) is 4.42. The van der Waals surface area contributed by atoms with Crippen LogP contribution in [-0.4, -0.2) is 42.5 Å². The summed E-state index contributed by atoms with van der Waals surface area (Å²) in [5, 5.41) is 11.5. The number of rotatable bonds is 10. The van der Waals surface area contributed by atoms with Gasteiger partial charge in [-0.05, 0) is 49.4 Å². The van der Waals surface area contributed by atoms with Gasteiger partial charge in [-0.3, -0.25) is 4.79 Å². The van der Waals surface area contributed by atoms with E-state index in [1.54, 1.807) is 24.3 Å². The predicted molar refractivity (Wildman–Crippen MR) is 119 cm³/mol. The minimum Gasteiger partial charge on any atom is -0.494 e. The van der Waals surface area contributed by atoms with Crippen LogP contribution < -0.4 is 19.5 Å². The maximum absolute atomic E-state index is 11.9. The molecule has 31 heavy (non-hydrogen) atoms. The average molecular weight is 462 g/mol. The summed E-state index contributed by atoms with van der Waals surface area (Å²) in [5.74, 6) is 1.22. The van der Waals surface area contributed by atoms with E-state index in [2.05, 4.69) is 15.5 Å². The van der Waals surface area contributed by atoms with Crippen LogP contribution in [0.2, 0.25) is 10.0 Å². The molecule has 0 aliphatic carbocycles. The maximum Gasteiger partial charge on any atom is 0.258 e. The Kier molecular flexibility index (Phi) is 8.32. The Morgan fingerprint density at radius 2 is 1.77 bits per heavy atom. The molecule has 0 saturated heterocycles. The van der Waals surface area contributed by atoms with Crippen LogP contribution in [0.1, 0.15) is 6.92 Å². The van der Waals surface area contributed by atoms with Crippen molar-refractivity contribution in [1.29, 1.82) is 0 Å². The third kappa shape index (κ3) is 6.73. The van der Waals surface area contributed by atoms with E-state index in [-0.39, 0.29) is 30.7 Å². The van der Waals surface area contributed by atoms with Gasteiger partial charge in [0.05, 0.1) is 23.9 Å². The zero-order valence-electron chi connectivity index (χ0n) is 16.8. The molecule has 7 nitrogen and oxygen atoms in total. The lowest BCUT2D eigenvalue weighted by Gasteiger charge is -2.10. The highest BCUT2D eigenvalue weighted by atomic mass is 35.5. The van der Waals surface area contributed by atoms with E-state index in [9.17, 15) is 4.79 Å². The van der Waals surface area contributed by atoms with Crippen LogP contribution in [0.15, 0.2) is 54.6 Å². The average Bonchev–Trinajstić information content (AvgIpc) is 2.79. The quantitative estimate of drug-likeness (QED) is 0.449. The number of benzene rings is 2. The molecule has 3 rings (SSSR count). The molecule has 1 aromatic heterocycles. The highest BCUT2D eigenvalue weighted by Gasteiger charge is 2.08. The normalized spacial score (nSPS) is 10.4. The van der Waals surface area contributed by atoms with Crippen molar-refractivity contribution in [2.75, 3.05) is 26.4 Å². The second-order valence-electron chi connectivity index (χ2n) is 6.25. The summed E-state index contributed by atoms with van der Waals surface area (Å²) in [4.78, 5) is 11.9. The largest absolute Gasteiger partial charge is 0.494 e. The molecule has 0 atom stereocenters. The van der Waals surface area contributed by atoms with Crippen LogP contribution in [0, 0.1) is 0 Å². The summed E-state index contributed by atoms with van der Waals surface area (Å²) in [7, 11) is 0. The molecule has 1 N–H and O–H groups in total. The van der Waals surface area contributed by atoms with Crippen molar-refractivity contribution in [2.24, 2.45) is 0 Å². The summed E-state index contributed by atoms with van der Waals surface area (Å²) >= 11 is 11.9. The number of ether oxygens (including phenoxy) is 3. The van der Waals surface area contributed by atoms with Crippen molar-refractivity contribution in [3.8, 4) is 28.6 Å². The zero-order valence-corrected chi connectivity index (χ0v) is 18.3. The molecule has 2 aromatic carbocycles. The van der Waals surface area contributed by atoms with Crippen LogP contribution in [-0.2, 0) is 4.79 Å². The lowest BCUT2D eigenvalue weighted by molar-refractivity contribution is -0.123. The Hall–Kier alpha value is -3.03. The molecule has 0 aliphatic rings. The summed E-state index contributed by atoms with van der Waals surface area (Å²) < 4.78 is 16.3.